The fourth-order valence-corrected chi connectivity index (χ4v) is 3.52. The molecule has 9 nitrogen and oxygen atoms in total. The quantitative estimate of drug-likeness (QED) is 0.466. The number of alkyl halides is 2. The molecule has 0 bridgehead atoms. The van der Waals surface area contributed by atoms with Crippen molar-refractivity contribution in [2.24, 2.45) is 0 Å². The van der Waals surface area contributed by atoms with Crippen LogP contribution in [0.3, 0.4) is 0 Å². The number of halogens is 2. The third-order valence-electron chi connectivity index (χ3n) is 5.20. The minimum absolute atomic E-state index is 0.0518. The number of aryl methyl sites for hydroxylation is 3. The smallest absolute Gasteiger partial charge is 0.255 e. The van der Waals surface area contributed by atoms with Crippen LogP contribution in [0.2, 0.25) is 0 Å². The lowest BCUT2D eigenvalue weighted by molar-refractivity contribution is -0.134. The first-order valence-electron chi connectivity index (χ1n) is 10.8. The van der Waals surface area contributed by atoms with Crippen molar-refractivity contribution >= 4 is 11.7 Å². The van der Waals surface area contributed by atoms with E-state index in [2.05, 4.69) is 30.8 Å². The van der Waals surface area contributed by atoms with Crippen LogP contribution in [0.4, 0.5) is 14.6 Å². The molecule has 0 atom stereocenters. The highest BCUT2D eigenvalue weighted by Crippen LogP contribution is 2.39. The number of pyridine rings is 1. The summed E-state index contributed by atoms with van der Waals surface area (Å²) in [4.78, 5) is 16.4. The number of rotatable bonds is 10. The van der Waals surface area contributed by atoms with E-state index in [-0.39, 0.29) is 25.2 Å². The van der Waals surface area contributed by atoms with Crippen molar-refractivity contribution in [3.8, 4) is 5.75 Å². The van der Waals surface area contributed by atoms with Gasteiger partial charge < -0.3 is 10.1 Å². The number of nitrogens with one attached hydrogen (secondary N) is 1. The van der Waals surface area contributed by atoms with Gasteiger partial charge in [-0.05, 0) is 49.9 Å². The summed E-state index contributed by atoms with van der Waals surface area (Å²) in [6.45, 7) is 2.71. The monoisotopic (exact) mass is 457 g/mol. The maximum atomic E-state index is 13.0. The fourth-order valence-electron chi connectivity index (χ4n) is 3.52. The summed E-state index contributed by atoms with van der Waals surface area (Å²) < 4.78 is 33.2. The number of unbranched alkanes of at least 4 members (excludes halogenated alkanes) is 1. The van der Waals surface area contributed by atoms with Crippen LogP contribution in [0.1, 0.15) is 42.6 Å². The van der Waals surface area contributed by atoms with Gasteiger partial charge in [0.15, 0.2) is 5.82 Å². The molecule has 0 unspecified atom stereocenters. The second-order valence-corrected chi connectivity index (χ2v) is 8.25. The maximum Gasteiger partial charge on any atom is 0.255 e. The Kier molecular flexibility index (Phi) is 6.85. The standard InChI is InChI=1S/C22H25F2N7O2/c1-15-14-31(30-27-15)7-3-2-4-17-5-6-20(29-28-17)26-21(32)9-16-8-18(13-25-12-16)33-19-10-22(23,24)11-19/h5-6,8,12-14,19H,2-4,7,9-11H2,1H3,(H,26,29,32). The van der Waals surface area contributed by atoms with Crippen molar-refractivity contribution in [2.45, 2.75) is 64.0 Å². The summed E-state index contributed by atoms with van der Waals surface area (Å²) >= 11 is 0. The molecule has 0 spiro atoms. The number of carbonyl (C=O) groups excluding carboxylic acids is 1. The van der Waals surface area contributed by atoms with Crippen LogP contribution in [0.5, 0.6) is 5.75 Å². The molecular formula is C22H25F2N7O2. The number of hydrogen-bond donors (Lipinski definition) is 1. The zero-order chi connectivity index (χ0) is 23.3. The van der Waals surface area contributed by atoms with E-state index in [9.17, 15) is 13.6 Å². The van der Waals surface area contributed by atoms with Crippen LogP contribution in [0, 0.1) is 6.92 Å². The minimum Gasteiger partial charge on any atom is -0.488 e. The molecule has 33 heavy (non-hydrogen) atoms. The summed E-state index contributed by atoms with van der Waals surface area (Å²) in [5, 5.41) is 18.9. The van der Waals surface area contributed by atoms with Crippen molar-refractivity contribution < 1.29 is 18.3 Å². The third-order valence-corrected chi connectivity index (χ3v) is 5.20. The molecule has 1 amide bonds. The molecule has 11 heteroatoms. The highest BCUT2D eigenvalue weighted by atomic mass is 19.3. The molecule has 4 rings (SSSR count). The zero-order valence-corrected chi connectivity index (χ0v) is 18.2. The van der Waals surface area contributed by atoms with Gasteiger partial charge in [-0.2, -0.15) is 5.10 Å². The summed E-state index contributed by atoms with van der Waals surface area (Å²) in [5.41, 5.74) is 2.36. The van der Waals surface area contributed by atoms with E-state index in [0.717, 1.165) is 37.2 Å². The predicted molar refractivity (Wildman–Crippen MR) is 115 cm³/mol. The lowest BCUT2D eigenvalue weighted by Gasteiger charge is -2.34. The number of hydrogen-bond acceptors (Lipinski definition) is 7. The molecule has 0 saturated heterocycles. The summed E-state index contributed by atoms with van der Waals surface area (Å²) in [5.74, 6) is -2.19. The fraction of sp³-hybridized carbons (Fsp3) is 0.455. The number of anilines is 1. The van der Waals surface area contributed by atoms with E-state index in [0.29, 0.717) is 17.1 Å². The molecule has 1 aliphatic rings. The molecule has 174 valence electrons. The van der Waals surface area contributed by atoms with Gasteiger partial charge in [0.25, 0.3) is 5.92 Å². The Bertz CT molecular complexity index is 1080. The first kappa shape index (κ1) is 22.7. The van der Waals surface area contributed by atoms with Crippen LogP contribution in [-0.4, -0.2) is 48.1 Å². The van der Waals surface area contributed by atoms with Gasteiger partial charge in [0.05, 0.1) is 24.0 Å². The van der Waals surface area contributed by atoms with Crippen molar-refractivity contribution in [3.63, 3.8) is 0 Å². The first-order chi connectivity index (χ1) is 15.8. The molecule has 0 aromatic carbocycles. The van der Waals surface area contributed by atoms with Crippen LogP contribution in [0.15, 0.2) is 36.8 Å². The van der Waals surface area contributed by atoms with Gasteiger partial charge in [-0.25, -0.2) is 8.78 Å². The van der Waals surface area contributed by atoms with E-state index < -0.39 is 12.0 Å². The summed E-state index contributed by atoms with van der Waals surface area (Å²) in [6.07, 6.45) is 6.49. The molecule has 1 saturated carbocycles. The Hall–Kier alpha value is -3.50. The van der Waals surface area contributed by atoms with Crippen molar-refractivity contribution in [1.82, 2.24) is 30.2 Å². The van der Waals surface area contributed by atoms with E-state index in [1.54, 1.807) is 12.1 Å². The van der Waals surface area contributed by atoms with Crippen molar-refractivity contribution in [2.75, 3.05) is 5.32 Å². The molecule has 1 N–H and O–H groups in total. The number of ether oxygens (including phenoxy) is 1. The molecule has 3 heterocycles. The van der Waals surface area contributed by atoms with Gasteiger partial charge in [-0.3, -0.25) is 14.5 Å². The van der Waals surface area contributed by atoms with Gasteiger partial charge in [-0.1, -0.05) is 5.21 Å². The van der Waals surface area contributed by atoms with E-state index in [1.807, 2.05) is 23.9 Å². The Labute approximate surface area is 189 Å². The van der Waals surface area contributed by atoms with Crippen LogP contribution < -0.4 is 10.1 Å². The molecule has 3 aromatic rings. The SMILES string of the molecule is Cc1cn(CCCCc2ccc(NC(=O)Cc3cncc(OC4CC(F)(F)C4)c3)nn2)nn1. The Morgan fingerprint density at radius 1 is 1.21 bits per heavy atom. The largest absolute Gasteiger partial charge is 0.488 e. The second-order valence-electron chi connectivity index (χ2n) is 8.25. The van der Waals surface area contributed by atoms with E-state index in [1.165, 1.54) is 12.4 Å². The van der Waals surface area contributed by atoms with E-state index in [4.69, 9.17) is 4.74 Å². The van der Waals surface area contributed by atoms with Crippen LogP contribution in [0.25, 0.3) is 0 Å². The summed E-state index contributed by atoms with van der Waals surface area (Å²) in [7, 11) is 0. The average Bonchev–Trinajstić information content (AvgIpc) is 3.16. The average molecular weight is 457 g/mol. The topological polar surface area (TPSA) is 108 Å². The third kappa shape index (κ3) is 6.74. The zero-order valence-electron chi connectivity index (χ0n) is 18.2. The second kappa shape index (κ2) is 9.97. The van der Waals surface area contributed by atoms with Crippen LogP contribution >= 0.6 is 0 Å². The molecule has 3 aromatic heterocycles. The number of nitrogens with zero attached hydrogens (tertiary/aromatic N) is 6. The number of aromatic nitrogens is 6. The van der Waals surface area contributed by atoms with Gasteiger partial charge >= 0.3 is 0 Å². The van der Waals surface area contributed by atoms with Gasteiger partial charge in [0, 0.05) is 31.8 Å². The van der Waals surface area contributed by atoms with Gasteiger partial charge in [0.1, 0.15) is 11.9 Å². The van der Waals surface area contributed by atoms with Crippen molar-refractivity contribution in [1.29, 1.82) is 0 Å². The molecule has 1 aliphatic carbocycles. The lowest BCUT2D eigenvalue weighted by Crippen LogP contribution is -2.43. The normalized spacial score (nSPS) is 15.1. The molecular weight excluding hydrogens is 432 g/mol. The highest BCUT2D eigenvalue weighted by molar-refractivity contribution is 5.91. The minimum atomic E-state index is -2.65. The van der Waals surface area contributed by atoms with Gasteiger partial charge in [0.2, 0.25) is 5.91 Å². The Morgan fingerprint density at radius 2 is 2.06 bits per heavy atom. The van der Waals surface area contributed by atoms with Gasteiger partial charge in [-0.15, -0.1) is 10.2 Å². The molecule has 1 fully saturated rings. The predicted octanol–water partition coefficient (Wildman–Crippen LogP) is 3.15. The number of amides is 1. The van der Waals surface area contributed by atoms with Crippen LogP contribution in [-0.2, 0) is 24.2 Å². The van der Waals surface area contributed by atoms with E-state index >= 15 is 0 Å². The number of carbonyl (C=O) groups is 1. The lowest BCUT2D eigenvalue weighted by atomic mass is 9.91. The molecule has 0 radical (unpaired) electrons. The highest BCUT2D eigenvalue weighted by Gasteiger charge is 2.47. The maximum absolute atomic E-state index is 13.0. The van der Waals surface area contributed by atoms with Crippen molar-refractivity contribution in [3.05, 3.63) is 53.7 Å². The Balaban J connectivity index is 1.20. The Morgan fingerprint density at radius 3 is 2.76 bits per heavy atom. The summed E-state index contributed by atoms with van der Waals surface area (Å²) in [6, 6.07) is 5.20. The molecule has 0 aliphatic heterocycles. The first-order valence-corrected chi connectivity index (χ1v) is 10.8.